The monoisotopic (exact) mass is 284 g/mol. The van der Waals surface area contributed by atoms with Gasteiger partial charge in [-0.15, -0.1) is 0 Å². The predicted molar refractivity (Wildman–Crippen MR) is 76.8 cm³/mol. The third kappa shape index (κ3) is 2.74. The number of fused-ring (bicyclic) bond motifs is 1. The van der Waals surface area contributed by atoms with E-state index in [0.29, 0.717) is 10.9 Å². The predicted octanol–water partition coefficient (Wildman–Crippen LogP) is 0.608. The van der Waals surface area contributed by atoms with Crippen molar-refractivity contribution in [3.05, 3.63) is 40.2 Å². The van der Waals surface area contributed by atoms with Crippen LogP contribution in [0.15, 0.2) is 34.2 Å². The van der Waals surface area contributed by atoms with Crippen LogP contribution in [0, 0.1) is 11.3 Å². The van der Waals surface area contributed by atoms with Crippen LogP contribution in [0.3, 0.4) is 0 Å². The number of para-hydroxylation sites is 1. The van der Waals surface area contributed by atoms with E-state index in [1.54, 1.807) is 37.4 Å². The zero-order valence-corrected chi connectivity index (χ0v) is 11.2. The molecule has 0 aliphatic rings. The first kappa shape index (κ1) is 14.3. The number of amides is 1. The highest BCUT2D eigenvalue weighted by Gasteiger charge is 2.12. The standard InChI is InChI=1S/C14H12N4O3/c1-18-11-5-3-2-4-9(11)13(20)10(14(18)21)8-16-17-12(19)6-7-15/h2-5,8,20H,6H2,1H3,(H,17,19)/b16-8+. The molecular weight excluding hydrogens is 272 g/mol. The van der Waals surface area contributed by atoms with Crippen molar-refractivity contribution in [1.82, 2.24) is 9.99 Å². The molecule has 0 saturated heterocycles. The molecule has 0 spiro atoms. The van der Waals surface area contributed by atoms with Crippen LogP contribution in [0.25, 0.3) is 10.9 Å². The van der Waals surface area contributed by atoms with Crippen molar-refractivity contribution in [2.75, 3.05) is 0 Å². The third-order valence-corrected chi connectivity index (χ3v) is 2.93. The number of rotatable bonds is 3. The Kier molecular flexibility index (Phi) is 4.00. The topological polar surface area (TPSA) is 107 Å². The number of hydrogen-bond acceptors (Lipinski definition) is 5. The summed E-state index contributed by atoms with van der Waals surface area (Å²) in [5.74, 6) is -0.794. The summed E-state index contributed by atoms with van der Waals surface area (Å²) in [6.07, 6.45) is 0.735. The second kappa shape index (κ2) is 5.88. The number of benzene rings is 1. The van der Waals surface area contributed by atoms with Crippen LogP contribution in [-0.4, -0.2) is 21.8 Å². The summed E-state index contributed by atoms with van der Waals surface area (Å²) >= 11 is 0. The first-order chi connectivity index (χ1) is 10.1. The van der Waals surface area contributed by atoms with Crippen LogP contribution in [0.5, 0.6) is 5.75 Å². The number of nitriles is 1. The summed E-state index contributed by atoms with van der Waals surface area (Å²) < 4.78 is 1.38. The maximum atomic E-state index is 12.2. The molecule has 2 aromatic rings. The first-order valence-corrected chi connectivity index (χ1v) is 6.05. The summed E-state index contributed by atoms with van der Waals surface area (Å²) in [5.41, 5.74) is 2.22. The third-order valence-electron chi connectivity index (χ3n) is 2.93. The van der Waals surface area contributed by atoms with Gasteiger partial charge in [0.25, 0.3) is 11.5 Å². The lowest BCUT2D eigenvalue weighted by molar-refractivity contribution is -0.120. The van der Waals surface area contributed by atoms with Gasteiger partial charge >= 0.3 is 0 Å². The lowest BCUT2D eigenvalue weighted by Gasteiger charge is -2.08. The van der Waals surface area contributed by atoms with E-state index in [1.165, 1.54) is 4.57 Å². The van der Waals surface area contributed by atoms with E-state index < -0.39 is 11.5 Å². The molecular formula is C14H12N4O3. The average molecular weight is 284 g/mol. The van der Waals surface area contributed by atoms with Crippen LogP contribution in [0.1, 0.15) is 12.0 Å². The molecule has 0 fully saturated rings. The van der Waals surface area contributed by atoms with Gasteiger partial charge in [0, 0.05) is 12.4 Å². The summed E-state index contributed by atoms with van der Waals surface area (Å²) in [4.78, 5) is 23.2. The normalized spacial score (nSPS) is 10.7. The van der Waals surface area contributed by atoms with Gasteiger partial charge in [0.05, 0.1) is 17.8 Å². The highest BCUT2D eigenvalue weighted by atomic mass is 16.3. The van der Waals surface area contributed by atoms with Crippen LogP contribution >= 0.6 is 0 Å². The molecule has 1 aromatic heterocycles. The first-order valence-electron chi connectivity index (χ1n) is 6.05. The molecule has 1 amide bonds. The molecule has 21 heavy (non-hydrogen) atoms. The molecule has 2 N–H and O–H groups in total. The van der Waals surface area contributed by atoms with Gasteiger partial charge in [0.15, 0.2) is 0 Å². The van der Waals surface area contributed by atoms with Gasteiger partial charge in [-0.3, -0.25) is 9.59 Å². The Labute approximate surface area is 119 Å². The van der Waals surface area contributed by atoms with Crippen LogP contribution in [-0.2, 0) is 11.8 Å². The molecule has 106 valence electrons. The smallest absolute Gasteiger partial charge is 0.263 e. The largest absolute Gasteiger partial charge is 0.506 e. The summed E-state index contributed by atoms with van der Waals surface area (Å²) in [6.45, 7) is 0. The van der Waals surface area contributed by atoms with E-state index in [2.05, 4.69) is 10.5 Å². The number of nitrogens with one attached hydrogen (secondary N) is 1. The number of aromatic hydroxyl groups is 1. The minimum Gasteiger partial charge on any atom is -0.506 e. The molecule has 1 heterocycles. The quantitative estimate of drug-likeness (QED) is 0.635. The molecule has 0 bridgehead atoms. The fourth-order valence-electron chi connectivity index (χ4n) is 1.90. The van der Waals surface area contributed by atoms with Crippen LogP contribution in [0.4, 0.5) is 0 Å². The Bertz CT molecular complexity index is 830. The molecule has 7 nitrogen and oxygen atoms in total. The lowest BCUT2D eigenvalue weighted by atomic mass is 10.1. The molecule has 0 aliphatic carbocycles. The van der Waals surface area contributed by atoms with Gasteiger partial charge in [0.2, 0.25) is 0 Å². The molecule has 0 atom stereocenters. The number of carbonyl (C=O) groups excluding carboxylic acids is 1. The minimum absolute atomic E-state index is 0.0338. The van der Waals surface area contributed by atoms with Crippen molar-refractivity contribution in [2.45, 2.75) is 6.42 Å². The van der Waals surface area contributed by atoms with E-state index in [9.17, 15) is 14.7 Å². The van der Waals surface area contributed by atoms with Gasteiger partial charge in [-0.25, -0.2) is 5.43 Å². The molecule has 0 aliphatic heterocycles. The van der Waals surface area contributed by atoms with Crippen molar-refractivity contribution >= 4 is 23.0 Å². The molecule has 7 heteroatoms. The van der Waals surface area contributed by atoms with Crippen molar-refractivity contribution in [3.63, 3.8) is 0 Å². The zero-order valence-electron chi connectivity index (χ0n) is 11.2. The number of hydrogen-bond donors (Lipinski definition) is 2. The Morgan fingerprint density at radius 1 is 1.52 bits per heavy atom. The van der Waals surface area contributed by atoms with Crippen LogP contribution < -0.4 is 11.0 Å². The fourth-order valence-corrected chi connectivity index (χ4v) is 1.90. The maximum Gasteiger partial charge on any atom is 0.263 e. The summed E-state index contributed by atoms with van der Waals surface area (Å²) in [7, 11) is 1.58. The highest BCUT2D eigenvalue weighted by molar-refractivity contribution is 5.95. The number of carbonyl (C=O) groups is 1. The minimum atomic E-state index is -0.592. The van der Waals surface area contributed by atoms with Gasteiger partial charge < -0.3 is 9.67 Å². The Morgan fingerprint density at radius 3 is 2.95 bits per heavy atom. The molecule has 2 rings (SSSR count). The number of pyridine rings is 1. The number of aromatic nitrogens is 1. The molecule has 0 unspecified atom stereocenters. The van der Waals surface area contributed by atoms with Gasteiger partial charge in [0.1, 0.15) is 17.7 Å². The zero-order chi connectivity index (χ0) is 15.4. The van der Waals surface area contributed by atoms with E-state index >= 15 is 0 Å². The van der Waals surface area contributed by atoms with E-state index in [0.717, 1.165) is 6.21 Å². The van der Waals surface area contributed by atoms with Crippen molar-refractivity contribution in [1.29, 1.82) is 5.26 Å². The maximum absolute atomic E-state index is 12.2. The van der Waals surface area contributed by atoms with Crippen molar-refractivity contribution in [2.24, 2.45) is 12.1 Å². The molecule has 0 saturated carbocycles. The van der Waals surface area contributed by atoms with Gasteiger partial charge in [-0.05, 0) is 12.1 Å². The number of hydrazone groups is 1. The van der Waals surface area contributed by atoms with Gasteiger partial charge in [-0.2, -0.15) is 10.4 Å². The number of aryl methyl sites for hydroxylation is 1. The van der Waals surface area contributed by atoms with E-state index in [1.807, 2.05) is 0 Å². The van der Waals surface area contributed by atoms with E-state index in [-0.39, 0.29) is 17.7 Å². The van der Waals surface area contributed by atoms with Crippen molar-refractivity contribution < 1.29 is 9.90 Å². The molecule has 1 aromatic carbocycles. The lowest BCUT2D eigenvalue weighted by Crippen LogP contribution is -2.23. The van der Waals surface area contributed by atoms with Gasteiger partial charge in [-0.1, -0.05) is 12.1 Å². The highest BCUT2D eigenvalue weighted by Crippen LogP contribution is 2.24. The Hall–Kier alpha value is -3.14. The molecule has 0 radical (unpaired) electrons. The SMILES string of the molecule is Cn1c(=O)c(/C=N/NC(=O)CC#N)c(O)c2ccccc21. The van der Waals surface area contributed by atoms with Crippen LogP contribution in [0.2, 0.25) is 0 Å². The van der Waals surface area contributed by atoms with E-state index in [4.69, 9.17) is 5.26 Å². The fraction of sp³-hybridized carbons (Fsp3) is 0.143. The Morgan fingerprint density at radius 2 is 2.24 bits per heavy atom. The Balaban J connectivity index is 2.46. The second-order valence-electron chi connectivity index (χ2n) is 4.27. The average Bonchev–Trinajstić information content (AvgIpc) is 2.49. The second-order valence-corrected chi connectivity index (χ2v) is 4.27. The number of nitrogens with zero attached hydrogens (tertiary/aromatic N) is 3. The summed E-state index contributed by atoms with van der Waals surface area (Å²) in [6, 6.07) is 8.56. The van der Waals surface area contributed by atoms with Crippen molar-refractivity contribution in [3.8, 4) is 11.8 Å². The summed E-state index contributed by atoms with van der Waals surface area (Å²) in [5, 5.41) is 22.6.